The highest BCUT2D eigenvalue weighted by molar-refractivity contribution is 6.32. The maximum atomic E-state index is 12.8. The number of carbonyl (C=O) groups excluding carboxylic acids is 2. The summed E-state index contributed by atoms with van der Waals surface area (Å²) in [6, 6.07) is 11.2. The number of amides is 1. The number of hydrogen-bond acceptors (Lipinski definition) is 4. The SMILES string of the molecule is Cc1cc(C)c2c(c1)C(=O)CC1(CCN(C(=O)CCOc3ccccc3Cl)CC1)O2. The van der Waals surface area contributed by atoms with E-state index in [1.165, 1.54) is 0 Å². The van der Waals surface area contributed by atoms with Gasteiger partial charge in [-0.3, -0.25) is 9.59 Å². The number of aryl methyl sites for hydroxylation is 2. The number of benzene rings is 2. The molecule has 2 aromatic carbocycles. The maximum absolute atomic E-state index is 12.8. The second-order valence-corrected chi connectivity index (χ2v) is 8.66. The van der Waals surface area contributed by atoms with Crippen LogP contribution in [0.15, 0.2) is 36.4 Å². The van der Waals surface area contributed by atoms with Gasteiger partial charge in [-0.05, 0) is 43.2 Å². The minimum atomic E-state index is -0.505. The van der Waals surface area contributed by atoms with Crippen LogP contribution >= 0.6 is 11.6 Å². The van der Waals surface area contributed by atoms with E-state index >= 15 is 0 Å². The van der Waals surface area contributed by atoms with Gasteiger partial charge in [-0.15, -0.1) is 0 Å². The molecule has 0 saturated carbocycles. The molecule has 1 saturated heterocycles. The van der Waals surface area contributed by atoms with Gasteiger partial charge in [0.1, 0.15) is 17.1 Å². The minimum absolute atomic E-state index is 0.0474. The first-order valence-corrected chi connectivity index (χ1v) is 10.7. The van der Waals surface area contributed by atoms with Crippen LogP contribution in [0.1, 0.15) is 47.2 Å². The Labute approximate surface area is 181 Å². The highest BCUT2D eigenvalue weighted by atomic mass is 35.5. The molecule has 158 valence electrons. The molecule has 0 atom stereocenters. The first-order chi connectivity index (χ1) is 14.4. The van der Waals surface area contributed by atoms with Crippen LogP contribution in [0, 0.1) is 13.8 Å². The zero-order chi connectivity index (χ0) is 21.3. The number of piperidine rings is 1. The molecule has 0 N–H and O–H groups in total. The second-order valence-electron chi connectivity index (χ2n) is 8.25. The minimum Gasteiger partial charge on any atom is -0.491 e. The second kappa shape index (κ2) is 8.31. The molecule has 1 fully saturated rings. The molecule has 1 amide bonds. The third-order valence-electron chi connectivity index (χ3n) is 5.96. The Kier molecular flexibility index (Phi) is 5.74. The quantitative estimate of drug-likeness (QED) is 0.706. The molecule has 0 radical (unpaired) electrons. The summed E-state index contributed by atoms with van der Waals surface area (Å²) < 4.78 is 12.0. The van der Waals surface area contributed by atoms with Crippen molar-refractivity contribution in [2.45, 2.75) is 45.1 Å². The Morgan fingerprint density at radius 3 is 2.67 bits per heavy atom. The Morgan fingerprint density at radius 2 is 1.93 bits per heavy atom. The number of likely N-dealkylation sites (tertiary alicyclic amines) is 1. The lowest BCUT2D eigenvalue weighted by molar-refractivity contribution is -0.135. The molecule has 2 heterocycles. The van der Waals surface area contributed by atoms with Crippen LogP contribution in [0.3, 0.4) is 0 Å². The van der Waals surface area contributed by atoms with Gasteiger partial charge >= 0.3 is 0 Å². The Balaban J connectivity index is 1.34. The number of carbonyl (C=O) groups is 2. The van der Waals surface area contributed by atoms with Crippen molar-refractivity contribution >= 4 is 23.3 Å². The highest BCUT2D eigenvalue weighted by Crippen LogP contribution is 2.41. The molecule has 2 aliphatic heterocycles. The molecule has 0 unspecified atom stereocenters. The van der Waals surface area contributed by atoms with Crippen LogP contribution in [-0.2, 0) is 4.79 Å². The lowest BCUT2D eigenvalue weighted by Crippen LogP contribution is -2.52. The molecule has 4 rings (SSSR count). The molecule has 5 nitrogen and oxygen atoms in total. The van der Waals surface area contributed by atoms with Crippen LogP contribution in [0.4, 0.5) is 0 Å². The van der Waals surface area contributed by atoms with Crippen molar-refractivity contribution in [1.29, 1.82) is 0 Å². The fraction of sp³-hybridized carbons (Fsp3) is 0.417. The summed E-state index contributed by atoms with van der Waals surface area (Å²) in [4.78, 5) is 27.2. The number of ether oxygens (including phenoxy) is 2. The number of halogens is 1. The van der Waals surface area contributed by atoms with E-state index in [0.717, 1.165) is 11.1 Å². The summed E-state index contributed by atoms with van der Waals surface area (Å²) in [7, 11) is 0. The molecule has 2 aromatic rings. The summed E-state index contributed by atoms with van der Waals surface area (Å²) >= 11 is 6.08. The van der Waals surface area contributed by atoms with E-state index in [1.807, 2.05) is 43.0 Å². The van der Waals surface area contributed by atoms with Gasteiger partial charge in [0.05, 0.1) is 30.0 Å². The molecule has 1 spiro atoms. The Hall–Kier alpha value is -2.53. The van der Waals surface area contributed by atoms with E-state index < -0.39 is 5.60 Å². The van der Waals surface area contributed by atoms with E-state index in [0.29, 0.717) is 60.9 Å². The Bertz CT molecular complexity index is 979. The highest BCUT2D eigenvalue weighted by Gasteiger charge is 2.44. The van der Waals surface area contributed by atoms with Gasteiger partial charge < -0.3 is 14.4 Å². The lowest BCUT2D eigenvalue weighted by Gasteiger charge is -2.44. The smallest absolute Gasteiger partial charge is 0.226 e. The van der Waals surface area contributed by atoms with Gasteiger partial charge in [0.2, 0.25) is 5.91 Å². The number of Topliss-reactive ketones (excluding diaryl/α,β-unsaturated/α-hetero) is 1. The van der Waals surface area contributed by atoms with Crippen LogP contribution in [-0.4, -0.2) is 41.9 Å². The largest absolute Gasteiger partial charge is 0.491 e. The maximum Gasteiger partial charge on any atom is 0.226 e. The van der Waals surface area contributed by atoms with Gasteiger partial charge in [0.15, 0.2) is 5.78 Å². The standard InChI is InChI=1S/C24H26ClNO4/c1-16-13-17(2)23-18(14-16)20(27)15-24(30-23)8-10-26(11-9-24)22(28)7-12-29-21-6-4-3-5-19(21)25/h3-6,13-14H,7-12,15H2,1-2H3. The van der Waals surface area contributed by atoms with E-state index in [-0.39, 0.29) is 18.3 Å². The van der Waals surface area contributed by atoms with Gasteiger partial charge in [0, 0.05) is 25.9 Å². The van der Waals surface area contributed by atoms with E-state index in [4.69, 9.17) is 21.1 Å². The predicted molar refractivity (Wildman–Crippen MR) is 116 cm³/mol. The predicted octanol–water partition coefficient (Wildman–Crippen LogP) is 4.75. The first kappa shape index (κ1) is 20.7. The number of rotatable bonds is 4. The molecular weight excluding hydrogens is 402 g/mol. The molecule has 2 aliphatic rings. The topological polar surface area (TPSA) is 55.8 Å². The lowest BCUT2D eigenvalue weighted by atomic mass is 9.81. The van der Waals surface area contributed by atoms with Crippen molar-refractivity contribution in [2.24, 2.45) is 0 Å². The van der Waals surface area contributed by atoms with Crippen LogP contribution in [0.25, 0.3) is 0 Å². The van der Waals surface area contributed by atoms with Gasteiger partial charge in [-0.2, -0.15) is 0 Å². The van der Waals surface area contributed by atoms with Crippen molar-refractivity contribution in [3.05, 3.63) is 58.1 Å². The summed E-state index contributed by atoms with van der Waals surface area (Å²) in [6.45, 7) is 5.42. The van der Waals surface area contributed by atoms with E-state index in [9.17, 15) is 9.59 Å². The molecular formula is C24H26ClNO4. The summed E-state index contributed by atoms with van der Waals surface area (Å²) in [5.74, 6) is 1.48. The first-order valence-electron chi connectivity index (χ1n) is 10.4. The number of ketones is 1. The molecule has 0 aromatic heterocycles. The monoisotopic (exact) mass is 427 g/mol. The molecule has 6 heteroatoms. The fourth-order valence-corrected chi connectivity index (χ4v) is 4.54. The van der Waals surface area contributed by atoms with Gasteiger partial charge in [0.25, 0.3) is 0 Å². The van der Waals surface area contributed by atoms with Crippen LogP contribution in [0.2, 0.25) is 5.02 Å². The van der Waals surface area contributed by atoms with Gasteiger partial charge in [-0.1, -0.05) is 29.8 Å². The number of para-hydroxylation sites is 1. The summed E-state index contributed by atoms with van der Waals surface area (Å²) in [5, 5.41) is 0.537. The normalized spacial score (nSPS) is 17.4. The molecule has 30 heavy (non-hydrogen) atoms. The zero-order valence-corrected chi connectivity index (χ0v) is 18.1. The Morgan fingerprint density at radius 1 is 1.20 bits per heavy atom. The van der Waals surface area contributed by atoms with E-state index in [2.05, 4.69) is 0 Å². The van der Waals surface area contributed by atoms with Gasteiger partial charge in [-0.25, -0.2) is 0 Å². The summed E-state index contributed by atoms with van der Waals surface area (Å²) in [6.07, 6.45) is 1.98. The third kappa shape index (κ3) is 4.17. The number of nitrogens with zero attached hydrogens (tertiary/aromatic N) is 1. The summed E-state index contributed by atoms with van der Waals surface area (Å²) in [5.41, 5.74) is 2.24. The van der Waals surface area contributed by atoms with E-state index in [1.54, 1.807) is 12.1 Å². The zero-order valence-electron chi connectivity index (χ0n) is 17.4. The number of fused-ring (bicyclic) bond motifs is 1. The third-order valence-corrected chi connectivity index (χ3v) is 6.27. The van der Waals surface area contributed by atoms with Crippen molar-refractivity contribution in [3.63, 3.8) is 0 Å². The van der Waals surface area contributed by atoms with Crippen molar-refractivity contribution in [3.8, 4) is 11.5 Å². The molecule has 0 aliphatic carbocycles. The average Bonchev–Trinajstić information content (AvgIpc) is 2.71. The van der Waals surface area contributed by atoms with Crippen LogP contribution < -0.4 is 9.47 Å². The molecule has 0 bridgehead atoms. The fourth-order valence-electron chi connectivity index (χ4n) is 4.35. The van der Waals surface area contributed by atoms with Crippen molar-refractivity contribution in [2.75, 3.05) is 19.7 Å². The average molecular weight is 428 g/mol. The van der Waals surface area contributed by atoms with Crippen LogP contribution in [0.5, 0.6) is 11.5 Å². The number of hydrogen-bond donors (Lipinski definition) is 0. The van der Waals surface area contributed by atoms with Crippen molar-refractivity contribution in [1.82, 2.24) is 4.90 Å². The van der Waals surface area contributed by atoms with Crippen molar-refractivity contribution < 1.29 is 19.1 Å².